The summed E-state index contributed by atoms with van der Waals surface area (Å²) in [4.78, 5) is 2.34. The Labute approximate surface area is 121 Å². The molecule has 110 valence electrons. The van der Waals surface area contributed by atoms with Crippen LogP contribution in [-0.4, -0.2) is 48.8 Å². The third-order valence-electron chi connectivity index (χ3n) is 3.96. The molecule has 5 heteroatoms. The first kappa shape index (κ1) is 15.4. The Bertz CT molecular complexity index is 391. The predicted octanol–water partition coefficient (Wildman–Crippen LogP) is 0.867. The van der Waals surface area contributed by atoms with Gasteiger partial charge in [0, 0.05) is 13.1 Å². The maximum Gasteiger partial charge on any atom is 0.488 e. The van der Waals surface area contributed by atoms with E-state index < -0.39 is 7.12 Å². The fourth-order valence-corrected chi connectivity index (χ4v) is 2.78. The molecule has 0 radical (unpaired) electrons. The molecule has 0 aromatic heterocycles. The molecule has 1 aliphatic carbocycles. The highest BCUT2D eigenvalue weighted by Gasteiger charge is 2.16. The molecule has 1 aromatic carbocycles. The van der Waals surface area contributed by atoms with Crippen molar-refractivity contribution in [2.45, 2.75) is 25.7 Å². The lowest BCUT2D eigenvalue weighted by Gasteiger charge is -2.20. The van der Waals surface area contributed by atoms with Crippen molar-refractivity contribution in [3.63, 3.8) is 0 Å². The lowest BCUT2D eigenvalue weighted by atomic mass is 9.80. The summed E-state index contributed by atoms with van der Waals surface area (Å²) >= 11 is 0. The van der Waals surface area contributed by atoms with Crippen molar-refractivity contribution in [3.8, 4) is 5.75 Å². The van der Waals surface area contributed by atoms with Gasteiger partial charge < -0.3 is 19.7 Å². The Hall–Kier alpha value is -1.04. The lowest BCUT2D eigenvalue weighted by Crippen LogP contribution is -2.30. The molecule has 0 heterocycles. The van der Waals surface area contributed by atoms with Crippen molar-refractivity contribution in [2.75, 3.05) is 26.7 Å². The van der Waals surface area contributed by atoms with Crippen LogP contribution in [0.3, 0.4) is 0 Å². The van der Waals surface area contributed by atoms with E-state index in [-0.39, 0.29) is 0 Å². The maximum atomic E-state index is 9.01. The summed E-state index contributed by atoms with van der Waals surface area (Å²) in [6.45, 7) is 2.74. The number of hydrogen-bond donors (Lipinski definition) is 2. The van der Waals surface area contributed by atoms with Crippen LogP contribution >= 0.6 is 0 Å². The van der Waals surface area contributed by atoms with E-state index in [9.17, 15) is 0 Å². The fraction of sp³-hybridized carbons (Fsp3) is 0.600. The van der Waals surface area contributed by atoms with Gasteiger partial charge in [0.05, 0.1) is 0 Å². The van der Waals surface area contributed by atoms with Crippen LogP contribution in [0, 0.1) is 5.92 Å². The maximum absolute atomic E-state index is 9.01. The van der Waals surface area contributed by atoms with Crippen LogP contribution in [0.15, 0.2) is 24.3 Å². The van der Waals surface area contributed by atoms with Crippen molar-refractivity contribution in [1.82, 2.24) is 4.90 Å². The van der Waals surface area contributed by atoms with Gasteiger partial charge >= 0.3 is 7.12 Å². The van der Waals surface area contributed by atoms with E-state index in [0.717, 1.165) is 18.2 Å². The van der Waals surface area contributed by atoms with Crippen molar-refractivity contribution >= 4 is 12.6 Å². The van der Waals surface area contributed by atoms with E-state index in [1.807, 2.05) is 0 Å². The summed E-state index contributed by atoms with van der Waals surface area (Å²) in [5.41, 5.74) is 0.482. The minimum absolute atomic E-state index is 0.482. The molecule has 1 fully saturated rings. The molecular formula is C15H24BNO3. The SMILES string of the molecule is CN(CCOc1ccc(B(O)O)cc1)CC1CCCC1. The van der Waals surface area contributed by atoms with E-state index in [1.165, 1.54) is 32.2 Å². The van der Waals surface area contributed by atoms with Gasteiger partial charge in [-0.05, 0) is 43.4 Å². The third kappa shape index (κ3) is 4.82. The number of ether oxygens (including phenoxy) is 1. The van der Waals surface area contributed by atoms with E-state index in [0.29, 0.717) is 12.1 Å². The van der Waals surface area contributed by atoms with Gasteiger partial charge in [0.15, 0.2) is 0 Å². The Morgan fingerprint density at radius 2 is 1.85 bits per heavy atom. The van der Waals surface area contributed by atoms with Crippen LogP contribution in [0.5, 0.6) is 5.75 Å². The van der Waals surface area contributed by atoms with Crippen LogP contribution in [-0.2, 0) is 0 Å². The second-order valence-electron chi connectivity index (χ2n) is 5.70. The molecule has 20 heavy (non-hydrogen) atoms. The van der Waals surface area contributed by atoms with Crippen LogP contribution < -0.4 is 10.2 Å². The zero-order valence-electron chi connectivity index (χ0n) is 12.2. The fourth-order valence-electron chi connectivity index (χ4n) is 2.78. The predicted molar refractivity (Wildman–Crippen MR) is 81.2 cm³/mol. The zero-order valence-corrected chi connectivity index (χ0v) is 12.2. The standard InChI is InChI=1S/C15H24BNO3/c1-17(12-13-4-2-3-5-13)10-11-20-15-8-6-14(7-9-15)16(18)19/h6-9,13,18-19H,2-5,10-12H2,1H3. The minimum atomic E-state index is -1.42. The smallest absolute Gasteiger partial charge is 0.488 e. The molecule has 0 saturated heterocycles. The topological polar surface area (TPSA) is 52.9 Å². The highest BCUT2D eigenvalue weighted by atomic mass is 16.5. The molecular weight excluding hydrogens is 253 g/mol. The van der Waals surface area contributed by atoms with Gasteiger partial charge in [0.1, 0.15) is 12.4 Å². The molecule has 0 spiro atoms. The number of hydrogen-bond acceptors (Lipinski definition) is 4. The first-order valence-electron chi connectivity index (χ1n) is 7.42. The van der Waals surface area contributed by atoms with Crippen molar-refractivity contribution in [3.05, 3.63) is 24.3 Å². The Balaban J connectivity index is 1.66. The molecule has 2 rings (SSSR count). The van der Waals surface area contributed by atoms with Crippen LogP contribution in [0.25, 0.3) is 0 Å². The summed E-state index contributed by atoms with van der Waals surface area (Å²) in [5.74, 6) is 1.63. The van der Waals surface area contributed by atoms with Crippen LogP contribution in [0.2, 0.25) is 0 Å². The summed E-state index contributed by atoms with van der Waals surface area (Å²) in [6, 6.07) is 6.88. The van der Waals surface area contributed by atoms with Crippen LogP contribution in [0.4, 0.5) is 0 Å². The van der Waals surface area contributed by atoms with Gasteiger partial charge in [-0.15, -0.1) is 0 Å². The molecule has 1 aliphatic rings. The van der Waals surface area contributed by atoms with E-state index in [2.05, 4.69) is 11.9 Å². The molecule has 1 aromatic rings. The van der Waals surface area contributed by atoms with Crippen molar-refractivity contribution in [1.29, 1.82) is 0 Å². The highest BCUT2D eigenvalue weighted by Crippen LogP contribution is 2.24. The largest absolute Gasteiger partial charge is 0.492 e. The van der Waals surface area contributed by atoms with Crippen molar-refractivity contribution in [2.24, 2.45) is 5.92 Å². The van der Waals surface area contributed by atoms with Crippen LogP contribution in [0.1, 0.15) is 25.7 Å². The molecule has 0 bridgehead atoms. The Morgan fingerprint density at radius 3 is 2.45 bits per heavy atom. The quantitative estimate of drug-likeness (QED) is 0.726. The molecule has 0 aliphatic heterocycles. The minimum Gasteiger partial charge on any atom is -0.492 e. The second kappa shape index (κ2) is 7.67. The van der Waals surface area contributed by atoms with E-state index >= 15 is 0 Å². The first-order chi connectivity index (χ1) is 9.65. The first-order valence-corrected chi connectivity index (χ1v) is 7.42. The monoisotopic (exact) mass is 277 g/mol. The average Bonchev–Trinajstić information content (AvgIpc) is 2.92. The summed E-state index contributed by atoms with van der Waals surface area (Å²) in [5, 5.41) is 18.0. The van der Waals surface area contributed by atoms with Gasteiger partial charge in [-0.1, -0.05) is 25.0 Å². The van der Waals surface area contributed by atoms with E-state index in [4.69, 9.17) is 14.8 Å². The number of likely N-dealkylation sites (N-methyl/N-ethyl adjacent to an activating group) is 1. The molecule has 1 saturated carbocycles. The second-order valence-corrected chi connectivity index (χ2v) is 5.70. The van der Waals surface area contributed by atoms with Gasteiger partial charge in [-0.25, -0.2) is 0 Å². The summed E-state index contributed by atoms with van der Waals surface area (Å²) < 4.78 is 5.67. The number of rotatable bonds is 7. The van der Waals surface area contributed by atoms with Crippen molar-refractivity contribution < 1.29 is 14.8 Å². The number of nitrogens with zero attached hydrogens (tertiary/aromatic N) is 1. The Morgan fingerprint density at radius 1 is 1.20 bits per heavy atom. The lowest BCUT2D eigenvalue weighted by molar-refractivity contribution is 0.215. The third-order valence-corrected chi connectivity index (χ3v) is 3.96. The number of benzene rings is 1. The highest BCUT2D eigenvalue weighted by molar-refractivity contribution is 6.58. The summed E-state index contributed by atoms with van der Waals surface area (Å²) in [7, 11) is 0.731. The normalized spacial score (nSPS) is 15.8. The average molecular weight is 277 g/mol. The molecule has 0 atom stereocenters. The molecule has 0 amide bonds. The molecule has 4 nitrogen and oxygen atoms in total. The zero-order chi connectivity index (χ0) is 14.4. The van der Waals surface area contributed by atoms with Gasteiger partial charge in [-0.3, -0.25) is 0 Å². The Kier molecular flexibility index (Phi) is 5.89. The molecule has 0 unspecified atom stereocenters. The van der Waals surface area contributed by atoms with E-state index in [1.54, 1.807) is 24.3 Å². The van der Waals surface area contributed by atoms with Gasteiger partial charge in [-0.2, -0.15) is 0 Å². The van der Waals surface area contributed by atoms with Gasteiger partial charge in [0.25, 0.3) is 0 Å². The molecule has 2 N–H and O–H groups in total. The van der Waals surface area contributed by atoms with Gasteiger partial charge in [0.2, 0.25) is 0 Å². The summed E-state index contributed by atoms with van der Waals surface area (Å²) in [6.07, 6.45) is 5.52.